The van der Waals surface area contributed by atoms with Crippen molar-refractivity contribution in [1.82, 2.24) is 15.2 Å². The van der Waals surface area contributed by atoms with Crippen LogP contribution in [-0.4, -0.2) is 49.4 Å². The van der Waals surface area contributed by atoms with Crippen LogP contribution in [-0.2, 0) is 17.8 Å². The molecule has 174 valence electrons. The van der Waals surface area contributed by atoms with Crippen molar-refractivity contribution in [2.75, 3.05) is 27.4 Å². The summed E-state index contributed by atoms with van der Waals surface area (Å²) >= 11 is 0. The predicted molar refractivity (Wildman–Crippen MR) is 126 cm³/mol. The molecule has 1 unspecified atom stereocenters. The number of H-pyrrole nitrogens is 1. The van der Waals surface area contributed by atoms with Crippen LogP contribution in [0.2, 0.25) is 0 Å². The molecule has 2 amide bonds. The fourth-order valence-corrected chi connectivity index (χ4v) is 4.04. The van der Waals surface area contributed by atoms with Crippen molar-refractivity contribution in [2.45, 2.75) is 32.0 Å². The Bertz CT molecular complexity index is 1160. The van der Waals surface area contributed by atoms with Gasteiger partial charge in [-0.15, -0.1) is 0 Å². The van der Waals surface area contributed by atoms with Gasteiger partial charge in [-0.05, 0) is 30.5 Å². The number of rotatable bonds is 8. The Balaban J connectivity index is 1.58. The van der Waals surface area contributed by atoms with Gasteiger partial charge in [-0.1, -0.05) is 30.3 Å². The van der Waals surface area contributed by atoms with E-state index in [1.807, 2.05) is 36.4 Å². The van der Waals surface area contributed by atoms with Gasteiger partial charge in [-0.3, -0.25) is 4.79 Å². The van der Waals surface area contributed by atoms with Crippen molar-refractivity contribution >= 4 is 16.9 Å². The molecule has 1 atom stereocenters. The summed E-state index contributed by atoms with van der Waals surface area (Å²) in [7, 11) is 3.11. The van der Waals surface area contributed by atoms with Gasteiger partial charge >= 0.3 is 6.03 Å². The van der Waals surface area contributed by atoms with E-state index in [0.29, 0.717) is 42.3 Å². The van der Waals surface area contributed by atoms with E-state index in [1.165, 1.54) is 0 Å². The molecule has 1 aromatic heterocycles. The smallest absolute Gasteiger partial charge is 0.318 e. The summed E-state index contributed by atoms with van der Waals surface area (Å²) in [6, 6.07) is 14.8. The van der Waals surface area contributed by atoms with Crippen molar-refractivity contribution < 1.29 is 19.0 Å². The van der Waals surface area contributed by atoms with Crippen LogP contribution in [0.25, 0.3) is 10.9 Å². The maximum atomic E-state index is 13.1. The third-order valence-electron chi connectivity index (χ3n) is 5.81. The lowest BCUT2D eigenvalue weighted by molar-refractivity contribution is 0.0793. The fourth-order valence-electron chi connectivity index (χ4n) is 4.04. The number of carbonyl (C=O) groups excluding carboxylic acids is 1. The number of methoxy groups -OCH3 is 2. The molecule has 1 saturated heterocycles. The van der Waals surface area contributed by atoms with Gasteiger partial charge in [0.05, 0.1) is 32.4 Å². The Kier molecular flexibility index (Phi) is 7.14. The van der Waals surface area contributed by atoms with Crippen molar-refractivity contribution in [2.24, 2.45) is 0 Å². The van der Waals surface area contributed by atoms with Gasteiger partial charge in [-0.25, -0.2) is 4.79 Å². The molecule has 8 nitrogen and oxygen atoms in total. The SMILES string of the molecule is COc1cc2cc(CN(CC3CCCO3)C(=O)NCc3ccccc3)c(=O)[nH]c2cc1OC. The summed E-state index contributed by atoms with van der Waals surface area (Å²) in [6.45, 7) is 1.69. The predicted octanol–water partition coefficient (Wildman–Crippen LogP) is 3.44. The highest BCUT2D eigenvalue weighted by molar-refractivity contribution is 5.83. The molecule has 1 fully saturated rings. The molecule has 4 rings (SSSR count). The molecule has 8 heteroatoms. The molecule has 2 heterocycles. The summed E-state index contributed by atoms with van der Waals surface area (Å²) in [6.07, 6.45) is 1.84. The number of aromatic amines is 1. The van der Waals surface area contributed by atoms with Crippen molar-refractivity contribution in [3.63, 3.8) is 0 Å². The normalized spacial score (nSPS) is 15.4. The van der Waals surface area contributed by atoms with Crippen molar-refractivity contribution in [1.29, 1.82) is 0 Å². The number of urea groups is 1. The minimum atomic E-state index is -0.247. The molecular formula is C25H29N3O5. The molecule has 3 aromatic rings. The molecule has 2 N–H and O–H groups in total. The van der Waals surface area contributed by atoms with Crippen LogP contribution in [0.15, 0.2) is 53.3 Å². The molecule has 0 radical (unpaired) electrons. The number of hydrogen-bond donors (Lipinski definition) is 2. The zero-order valence-electron chi connectivity index (χ0n) is 18.9. The molecule has 1 aliphatic heterocycles. The average molecular weight is 452 g/mol. The second-order valence-corrected chi connectivity index (χ2v) is 8.08. The quantitative estimate of drug-likeness (QED) is 0.547. The second kappa shape index (κ2) is 10.4. The third-order valence-corrected chi connectivity index (χ3v) is 5.81. The Hall–Kier alpha value is -3.52. The lowest BCUT2D eigenvalue weighted by Gasteiger charge is -2.26. The molecule has 2 aromatic carbocycles. The minimum Gasteiger partial charge on any atom is -0.493 e. The molecule has 0 spiro atoms. The first-order valence-electron chi connectivity index (χ1n) is 11.0. The Labute approximate surface area is 192 Å². The highest BCUT2D eigenvalue weighted by atomic mass is 16.5. The number of carbonyl (C=O) groups is 1. The van der Waals surface area contributed by atoms with E-state index in [4.69, 9.17) is 14.2 Å². The zero-order chi connectivity index (χ0) is 23.2. The first-order valence-corrected chi connectivity index (χ1v) is 11.0. The summed E-state index contributed by atoms with van der Waals surface area (Å²) < 4.78 is 16.5. The van der Waals surface area contributed by atoms with E-state index < -0.39 is 0 Å². The van der Waals surface area contributed by atoms with E-state index >= 15 is 0 Å². The third kappa shape index (κ3) is 5.46. The summed E-state index contributed by atoms with van der Waals surface area (Å²) in [5.41, 5.74) is 1.89. The summed E-state index contributed by atoms with van der Waals surface area (Å²) in [4.78, 5) is 30.5. The summed E-state index contributed by atoms with van der Waals surface area (Å²) in [5.74, 6) is 1.11. The average Bonchev–Trinajstić information content (AvgIpc) is 3.35. The van der Waals surface area contributed by atoms with Crippen LogP contribution in [0.4, 0.5) is 4.79 Å². The van der Waals surface area contributed by atoms with Crippen LogP contribution in [0.3, 0.4) is 0 Å². The van der Waals surface area contributed by atoms with E-state index in [-0.39, 0.29) is 24.2 Å². The molecule has 33 heavy (non-hydrogen) atoms. The first-order chi connectivity index (χ1) is 16.1. The van der Waals surface area contributed by atoms with Gasteiger partial charge in [0, 0.05) is 36.7 Å². The first kappa shape index (κ1) is 22.7. The van der Waals surface area contributed by atoms with Crippen LogP contribution in [0, 0.1) is 0 Å². The molecule has 1 aliphatic rings. The fraction of sp³-hybridized carbons (Fsp3) is 0.360. The lowest BCUT2D eigenvalue weighted by Crippen LogP contribution is -2.43. The molecule has 0 aliphatic carbocycles. The van der Waals surface area contributed by atoms with Gasteiger partial charge in [0.2, 0.25) is 0 Å². The minimum absolute atomic E-state index is 0.0311. The Morgan fingerprint density at radius 1 is 1.15 bits per heavy atom. The van der Waals surface area contributed by atoms with E-state index in [9.17, 15) is 9.59 Å². The molecular weight excluding hydrogens is 422 g/mol. The largest absolute Gasteiger partial charge is 0.493 e. The number of benzene rings is 2. The Morgan fingerprint density at radius 2 is 1.91 bits per heavy atom. The number of hydrogen-bond acceptors (Lipinski definition) is 5. The maximum absolute atomic E-state index is 13.1. The van der Waals surface area contributed by atoms with Crippen LogP contribution in [0.5, 0.6) is 11.5 Å². The topological polar surface area (TPSA) is 92.9 Å². The van der Waals surface area contributed by atoms with E-state index in [1.54, 1.807) is 31.3 Å². The van der Waals surface area contributed by atoms with Crippen molar-refractivity contribution in [3.05, 3.63) is 70.0 Å². The number of nitrogens with one attached hydrogen (secondary N) is 2. The van der Waals surface area contributed by atoms with Gasteiger partial charge in [0.15, 0.2) is 11.5 Å². The van der Waals surface area contributed by atoms with E-state index in [0.717, 1.165) is 23.8 Å². The standard InChI is InChI=1S/C25H29N3O5/c1-31-22-12-18-11-19(24(29)27-21(18)13-23(22)32-2)15-28(16-20-9-6-10-33-20)25(30)26-14-17-7-4-3-5-8-17/h3-5,7-8,11-13,20H,6,9-10,14-16H2,1-2H3,(H,26,30)(H,27,29). The van der Waals surface area contributed by atoms with Crippen LogP contribution < -0.4 is 20.3 Å². The highest BCUT2D eigenvalue weighted by Gasteiger charge is 2.24. The monoisotopic (exact) mass is 451 g/mol. The number of pyridine rings is 1. The number of ether oxygens (including phenoxy) is 3. The molecule has 0 saturated carbocycles. The van der Waals surface area contributed by atoms with Crippen LogP contribution >= 0.6 is 0 Å². The summed E-state index contributed by atoms with van der Waals surface area (Å²) in [5, 5.41) is 3.76. The highest BCUT2D eigenvalue weighted by Crippen LogP contribution is 2.31. The zero-order valence-corrected chi connectivity index (χ0v) is 18.9. The van der Waals surface area contributed by atoms with Gasteiger partial charge in [0.25, 0.3) is 5.56 Å². The number of nitrogens with zero attached hydrogens (tertiary/aromatic N) is 1. The van der Waals surface area contributed by atoms with Crippen LogP contribution in [0.1, 0.15) is 24.0 Å². The van der Waals surface area contributed by atoms with E-state index in [2.05, 4.69) is 10.3 Å². The number of fused-ring (bicyclic) bond motifs is 1. The van der Waals surface area contributed by atoms with Gasteiger partial charge in [-0.2, -0.15) is 0 Å². The number of amides is 2. The molecule has 0 bridgehead atoms. The number of aromatic nitrogens is 1. The van der Waals surface area contributed by atoms with Crippen molar-refractivity contribution in [3.8, 4) is 11.5 Å². The van der Waals surface area contributed by atoms with Gasteiger partial charge < -0.3 is 29.4 Å². The van der Waals surface area contributed by atoms with Gasteiger partial charge in [0.1, 0.15) is 0 Å². The lowest BCUT2D eigenvalue weighted by atomic mass is 10.1. The maximum Gasteiger partial charge on any atom is 0.318 e. The Morgan fingerprint density at radius 3 is 2.61 bits per heavy atom. The second-order valence-electron chi connectivity index (χ2n) is 8.08.